The molecule has 1 fully saturated rings. The van der Waals surface area contributed by atoms with Gasteiger partial charge in [-0.2, -0.15) is 0 Å². The first-order valence-corrected chi connectivity index (χ1v) is 8.81. The second-order valence-corrected chi connectivity index (χ2v) is 8.45. The van der Waals surface area contributed by atoms with Crippen LogP contribution in [0.3, 0.4) is 0 Å². The predicted octanol–water partition coefficient (Wildman–Crippen LogP) is 5.02. The van der Waals surface area contributed by atoms with Crippen molar-refractivity contribution in [3.8, 4) is 0 Å². The van der Waals surface area contributed by atoms with Crippen LogP contribution in [0.2, 0.25) is 5.02 Å². The van der Waals surface area contributed by atoms with E-state index in [0.29, 0.717) is 24.7 Å². The average molecular weight is 405 g/mol. The van der Waals surface area contributed by atoms with Crippen molar-refractivity contribution in [3.05, 3.63) is 33.3 Å². The number of rotatable bonds is 3. The van der Waals surface area contributed by atoms with Gasteiger partial charge in [-0.25, -0.2) is 4.79 Å². The van der Waals surface area contributed by atoms with Gasteiger partial charge < -0.3 is 14.4 Å². The highest BCUT2D eigenvalue weighted by Gasteiger charge is 2.38. The Bertz CT molecular complexity index is 588. The summed E-state index contributed by atoms with van der Waals surface area (Å²) in [5.74, 6) is 0. The quantitative estimate of drug-likeness (QED) is 0.710. The Morgan fingerprint density at radius 3 is 2.74 bits per heavy atom. The van der Waals surface area contributed by atoms with E-state index in [2.05, 4.69) is 15.9 Å². The molecule has 1 heterocycles. The molecule has 0 radical (unpaired) electrons. The molecule has 1 aliphatic rings. The molecule has 2 rings (SSSR count). The van der Waals surface area contributed by atoms with Gasteiger partial charge in [0, 0.05) is 16.0 Å². The summed E-state index contributed by atoms with van der Waals surface area (Å²) in [7, 11) is 0. The lowest BCUT2D eigenvalue weighted by Crippen LogP contribution is -2.39. The summed E-state index contributed by atoms with van der Waals surface area (Å²) in [6.07, 6.45) is 0.493. The summed E-state index contributed by atoms with van der Waals surface area (Å²) < 4.78 is 12.4. The molecular weight excluding hydrogens is 382 g/mol. The lowest BCUT2D eigenvalue weighted by Gasteiger charge is -2.27. The van der Waals surface area contributed by atoms with Crippen LogP contribution < -0.4 is 0 Å². The van der Waals surface area contributed by atoms with Crippen LogP contribution in [0, 0.1) is 0 Å². The maximum absolute atomic E-state index is 12.1. The largest absolute Gasteiger partial charge is 0.444 e. The minimum absolute atomic E-state index is 0.286. The minimum Gasteiger partial charge on any atom is -0.444 e. The Hall–Kier alpha value is -0.780. The molecule has 0 bridgehead atoms. The first kappa shape index (κ1) is 18.6. The van der Waals surface area contributed by atoms with E-state index < -0.39 is 5.60 Å². The maximum Gasteiger partial charge on any atom is 0.410 e. The van der Waals surface area contributed by atoms with Gasteiger partial charge in [0.25, 0.3) is 0 Å². The van der Waals surface area contributed by atoms with Crippen LogP contribution in [0.4, 0.5) is 4.79 Å². The molecule has 6 heteroatoms. The molecule has 23 heavy (non-hydrogen) atoms. The van der Waals surface area contributed by atoms with E-state index in [1.165, 1.54) is 0 Å². The molecule has 4 nitrogen and oxygen atoms in total. The third-order valence-electron chi connectivity index (χ3n) is 3.68. The first-order chi connectivity index (χ1) is 10.6. The van der Waals surface area contributed by atoms with Gasteiger partial charge in [0.1, 0.15) is 5.60 Å². The zero-order valence-corrected chi connectivity index (χ0v) is 16.3. The number of carbonyl (C=O) groups excluding carboxylic acids is 1. The number of likely N-dealkylation sites (tertiary alicyclic amines) is 1. The maximum atomic E-state index is 12.1. The van der Waals surface area contributed by atoms with E-state index >= 15 is 0 Å². The molecule has 0 saturated carbocycles. The van der Waals surface area contributed by atoms with Gasteiger partial charge in [-0.05, 0) is 51.8 Å². The number of carbonyl (C=O) groups is 1. The highest BCUT2D eigenvalue weighted by atomic mass is 79.9. The second-order valence-electron chi connectivity index (χ2n) is 7.13. The van der Waals surface area contributed by atoms with Crippen molar-refractivity contribution in [2.24, 2.45) is 0 Å². The Morgan fingerprint density at radius 1 is 1.43 bits per heavy atom. The number of hydrogen-bond acceptors (Lipinski definition) is 3. The minimum atomic E-state index is -0.484. The summed E-state index contributed by atoms with van der Waals surface area (Å²) in [6.45, 7) is 9.20. The number of nitrogens with zero attached hydrogens (tertiary/aromatic N) is 1. The molecule has 1 saturated heterocycles. The summed E-state index contributed by atoms with van der Waals surface area (Å²) in [5, 5.41) is 0.671. The summed E-state index contributed by atoms with van der Waals surface area (Å²) in [5.41, 5.74) is 0.0710. The van der Waals surface area contributed by atoms with Crippen LogP contribution in [-0.4, -0.2) is 35.3 Å². The smallest absolute Gasteiger partial charge is 0.410 e. The number of hydrogen-bond donors (Lipinski definition) is 0. The van der Waals surface area contributed by atoms with E-state index in [0.717, 1.165) is 16.5 Å². The fourth-order valence-corrected chi connectivity index (χ4v) is 3.15. The second kappa shape index (κ2) is 6.99. The lowest BCUT2D eigenvalue weighted by molar-refractivity contribution is -0.0374. The molecule has 0 aromatic heterocycles. The Labute approximate surface area is 151 Å². The monoisotopic (exact) mass is 403 g/mol. The van der Waals surface area contributed by atoms with Gasteiger partial charge in [-0.15, -0.1) is 0 Å². The van der Waals surface area contributed by atoms with Gasteiger partial charge in [0.15, 0.2) is 0 Å². The third kappa shape index (κ3) is 5.37. The molecule has 1 aliphatic heterocycles. The molecule has 0 aliphatic carbocycles. The van der Waals surface area contributed by atoms with Crippen LogP contribution in [0.5, 0.6) is 0 Å². The van der Waals surface area contributed by atoms with Crippen molar-refractivity contribution < 1.29 is 14.3 Å². The average Bonchev–Trinajstić information content (AvgIpc) is 2.79. The summed E-state index contributed by atoms with van der Waals surface area (Å²) in [6, 6.07) is 5.73. The number of benzene rings is 1. The van der Waals surface area contributed by atoms with Crippen molar-refractivity contribution in [3.63, 3.8) is 0 Å². The number of ether oxygens (including phenoxy) is 2. The zero-order valence-electron chi connectivity index (χ0n) is 14.0. The fourth-order valence-electron chi connectivity index (χ4n) is 2.42. The molecule has 1 atom stereocenters. The fraction of sp³-hybridized carbons (Fsp3) is 0.588. The summed E-state index contributed by atoms with van der Waals surface area (Å²) >= 11 is 9.61. The molecular formula is C17H23BrClNO3. The number of amides is 1. The lowest BCUT2D eigenvalue weighted by atomic mass is 10.1. The predicted molar refractivity (Wildman–Crippen MR) is 94.8 cm³/mol. The van der Waals surface area contributed by atoms with Crippen molar-refractivity contribution in [2.45, 2.75) is 51.9 Å². The molecule has 1 aromatic carbocycles. The highest BCUT2D eigenvalue weighted by Crippen LogP contribution is 2.29. The van der Waals surface area contributed by atoms with Crippen molar-refractivity contribution >= 4 is 33.6 Å². The normalized spacial score (nSPS) is 21.6. The molecule has 1 amide bonds. The van der Waals surface area contributed by atoms with E-state index in [-0.39, 0.29) is 11.7 Å². The van der Waals surface area contributed by atoms with E-state index in [1.807, 2.05) is 45.9 Å². The van der Waals surface area contributed by atoms with Crippen LogP contribution in [0.25, 0.3) is 0 Å². The number of halogens is 2. The topological polar surface area (TPSA) is 38.8 Å². The Balaban J connectivity index is 1.92. The molecule has 1 unspecified atom stereocenters. The Morgan fingerprint density at radius 2 is 2.13 bits per heavy atom. The van der Waals surface area contributed by atoms with Gasteiger partial charge >= 0.3 is 6.09 Å². The highest BCUT2D eigenvalue weighted by molar-refractivity contribution is 9.10. The third-order valence-corrected chi connectivity index (χ3v) is 4.52. The van der Waals surface area contributed by atoms with Crippen LogP contribution in [-0.2, 0) is 16.1 Å². The SMILES string of the molecule is CC(C)(C)OC(=O)N1CCC(C)(OCc2ccc(Br)cc2Cl)C1. The van der Waals surface area contributed by atoms with Gasteiger partial charge in [0.05, 0.1) is 18.8 Å². The van der Waals surface area contributed by atoms with Crippen LogP contribution in [0.1, 0.15) is 39.7 Å². The van der Waals surface area contributed by atoms with Gasteiger partial charge in [-0.3, -0.25) is 0 Å². The Kier molecular flexibility index (Phi) is 5.64. The van der Waals surface area contributed by atoms with Gasteiger partial charge in [0.2, 0.25) is 0 Å². The molecule has 128 valence electrons. The first-order valence-electron chi connectivity index (χ1n) is 7.64. The van der Waals surface area contributed by atoms with Crippen molar-refractivity contribution in [2.75, 3.05) is 13.1 Å². The molecule has 0 spiro atoms. The van der Waals surface area contributed by atoms with Crippen molar-refractivity contribution in [1.82, 2.24) is 4.90 Å². The molecule has 1 aromatic rings. The standard InChI is InChI=1S/C17H23BrClNO3/c1-16(2,3)23-15(21)20-8-7-17(4,11-20)22-10-12-5-6-13(18)9-14(12)19/h5-6,9H,7-8,10-11H2,1-4H3. The van der Waals surface area contributed by atoms with Crippen LogP contribution in [0.15, 0.2) is 22.7 Å². The van der Waals surface area contributed by atoms with Crippen molar-refractivity contribution in [1.29, 1.82) is 0 Å². The van der Waals surface area contributed by atoms with E-state index in [9.17, 15) is 4.79 Å². The summed E-state index contributed by atoms with van der Waals surface area (Å²) in [4.78, 5) is 13.8. The zero-order chi connectivity index (χ0) is 17.3. The molecule has 0 N–H and O–H groups in total. The van der Waals surface area contributed by atoms with E-state index in [1.54, 1.807) is 4.90 Å². The van der Waals surface area contributed by atoms with E-state index in [4.69, 9.17) is 21.1 Å². The van der Waals surface area contributed by atoms with Gasteiger partial charge in [-0.1, -0.05) is 33.6 Å². The van der Waals surface area contributed by atoms with Crippen LogP contribution >= 0.6 is 27.5 Å².